The molecule has 1 N–H and O–H groups in total. The number of anilines is 2. The van der Waals surface area contributed by atoms with Crippen LogP contribution in [0.5, 0.6) is 0 Å². The monoisotopic (exact) mass is 253 g/mol. The first kappa shape index (κ1) is 11.7. The number of halogens is 1. The first-order valence-corrected chi connectivity index (χ1v) is 5.51. The van der Waals surface area contributed by atoms with Gasteiger partial charge in [-0.05, 0) is 6.92 Å². The number of aromatic nitrogens is 4. The first-order chi connectivity index (χ1) is 8.11. The Hall–Kier alpha value is -1.82. The van der Waals surface area contributed by atoms with Gasteiger partial charge >= 0.3 is 0 Å². The fraction of sp³-hybridized carbons (Fsp3) is 0.300. The van der Waals surface area contributed by atoms with E-state index < -0.39 is 0 Å². The summed E-state index contributed by atoms with van der Waals surface area (Å²) in [5.74, 6) is 0. The van der Waals surface area contributed by atoms with Crippen molar-refractivity contribution in [1.82, 2.24) is 19.6 Å². The molecule has 17 heavy (non-hydrogen) atoms. The molecule has 0 amide bonds. The molecule has 0 aliphatic rings. The summed E-state index contributed by atoms with van der Waals surface area (Å²) in [6, 6.07) is 0. The van der Waals surface area contributed by atoms with Crippen molar-refractivity contribution in [1.29, 1.82) is 0 Å². The smallest absolute Gasteiger partial charge is 0.287 e. The highest BCUT2D eigenvalue weighted by Gasteiger charge is 2.08. The van der Waals surface area contributed by atoms with Crippen LogP contribution < -0.4 is 10.9 Å². The van der Waals surface area contributed by atoms with E-state index >= 15 is 0 Å². The van der Waals surface area contributed by atoms with Crippen LogP contribution in [0.3, 0.4) is 0 Å². The Morgan fingerprint density at radius 2 is 2.18 bits per heavy atom. The fourth-order valence-electron chi connectivity index (χ4n) is 1.42. The molecule has 2 rings (SSSR count). The van der Waals surface area contributed by atoms with E-state index in [-0.39, 0.29) is 10.6 Å². The van der Waals surface area contributed by atoms with E-state index in [2.05, 4.69) is 15.5 Å². The van der Waals surface area contributed by atoms with Gasteiger partial charge in [-0.15, -0.1) is 0 Å². The van der Waals surface area contributed by atoms with Crippen molar-refractivity contribution in [2.75, 3.05) is 5.32 Å². The molecule has 0 saturated heterocycles. The minimum absolute atomic E-state index is 0.130. The van der Waals surface area contributed by atoms with Crippen molar-refractivity contribution < 1.29 is 0 Å². The molecule has 0 aromatic carbocycles. The Morgan fingerprint density at radius 3 is 2.76 bits per heavy atom. The van der Waals surface area contributed by atoms with Crippen LogP contribution in [0.25, 0.3) is 0 Å². The quantitative estimate of drug-likeness (QED) is 0.898. The van der Waals surface area contributed by atoms with Crippen molar-refractivity contribution in [2.24, 2.45) is 7.05 Å². The normalized spacial score (nSPS) is 10.5. The summed E-state index contributed by atoms with van der Waals surface area (Å²) < 4.78 is 2.95. The Balaban J connectivity index is 2.34. The molecule has 7 heteroatoms. The Bertz CT molecular complexity index is 589. The molecule has 0 fully saturated rings. The van der Waals surface area contributed by atoms with Crippen molar-refractivity contribution in [2.45, 2.75) is 13.5 Å². The minimum atomic E-state index is -0.303. The number of nitrogens with zero attached hydrogens (tertiary/aromatic N) is 4. The summed E-state index contributed by atoms with van der Waals surface area (Å²) in [7, 11) is 1.81. The predicted octanol–water partition coefficient (Wildman–Crippen LogP) is 1.39. The minimum Gasteiger partial charge on any atom is -0.350 e. The first-order valence-electron chi connectivity index (χ1n) is 5.13. The molecule has 0 unspecified atom stereocenters. The topological polar surface area (TPSA) is 64.7 Å². The van der Waals surface area contributed by atoms with E-state index in [4.69, 9.17) is 11.6 Å². The second kappa shape index (κ2) is 4.58. The number of rotatable bonds is 3. The van der Waals surface area contributed by atoms with E-state index in [9.17, 15) is 4.79 Å². The van der Waals surface area contributed by atoms with E-state index in [1.54, 1.807) is 24.1 Å². The Morgan fingerprint density at radius 1 is 1.41 bits per heavy atom. The molecule has 0 aliphatic carbocycles. The third-order valence-electron chi connectivity index (χ3n) is 2.27. The lowest BCUT2D eigenvalue weighted by Gasteiger charge is -2.07. The standard InChI is InChI=1S/C10H12ClN5O/c1-3-16-10(17)9(11)8(5-13-16)14-7-4-12-15(2)6-7/h4-6,14H,3H2,1-2H3. The van der Waals surface area contributed by atoms with Crippen molar-refractivity contribution in [3.8, 4) is 0 Å². The maximum atomic E-state index is 11.7. The van der Waals surface area contributed by atoms with E-state index in [0.29, 0.717) is 12.2 Å². The Kier molecular flexibility index (Phi) is 3.14. The number of hydrogen-bond acceptors (Lipinski definition) is 4. The van der Waals surface area contributed by atoms with Gasteiger partial charge in [0.05, 0.1) is 23.8 Å². The van der Waals surface area contributed by atoms with Gasteiger partial charge in [0.1, 0.15) is 5.02 Å². The summed E-state index contributed by atoms with van der Waals surface area (Å²) in [4.78, 5) is 11.7. The maximum absolute atomic E-state index is 11.7. The third kappa shape index (κ3) is 2.31. The SMILES string of the molecule is CCn1ncc(Nc2cnn(C)c2)c(Cl)c1=O. The lowest BCUT2D eigenvalue weighted by molar-refractivity contribution is 0.616. The lowest BCUT2D eigenvalue weighted by atomic mass is 10.4. The van der Waals surface area contributed by atoms with Crippen molar-refractivity contribution in [3.63, 3.8) is 0 Å². The van der Waals surface area contributed by atoms with Crippen LogP contribution in [-0.4, -0.2) is 19.6 Å². The summed E-state index contributed by atoms with van der Waals surface area (Å²) in [6.45, 7) is 2.32. The average Bonchev–Trinajstić information content (AvgIpc) is 2.71. The zero-order valence-corrected chi connectivity index (χ0v) is 10.3. The maximum Gasteiger partial charge on any atom is 0.287 e. The van der Waals surface area contributed by atoms with Gasteiger partial charge in [0, 0.05) is 19.8 Å². The second-order valence-electron chi connectivity index (χ2n) is 3.52. The van der Waals surface area contributed by atoms with E-state index in [1.807, 2.05) is 6.92 Å². The molecule has 0 bridgehead atoms. The van der Waals surface area contributed by atoms with Crippen molar-refractivity contribution in [3.05, 3.63) is 34.0 Å². The molecule has 0 radical (unpaired) electrons. The summed E-state index contributed by atoms with van der Waals surface area (Å²) in [5, 5.41) is 11.1. The molecule has 2 aromatic rings. The molecule has 0 spiro atoms. The van der Waals surface area contributed by atoms with E-state index in [0.717, 1.165) is 5.69 Å². The molecule has 2 heterocycles. The van der Waals surface area contributed by atoms with Gasteiger partial charge in [-0.2, -0.15) is 10.2 Å². The van der Waals surface area contributed by atoms with Crippen LogP contribution in [0.2, 0.25) is 5.02 Å². The highest BCUT2D eigenvalue weighted by atomic mass is 35.5. The van der Waals surface area contributed by atoms with Gasteiger partial charge in [-0.25, -0.2) is 4.68 Å². The number of aryl methyl sites for hydroxylation is 2. The lowest BCUT2D eigenvalue weighted by Crippen LogP contribution is -2.22. The molecule has 0 aliphatic heterocycles. The molecule has 2 aromatic heterocycles. The number of hydrogen-bond donors (Lipinski definition) is 1. The summed E-state index contributed by atoms with van der Waals surface area (Å²) >= 11 is 5.97. The third-order valence-corrected chi connectivity index (χ3v) is 2.63. The summed E-state index contributed by atoms with van der Waals surface area (Å²) in [5.41, 5.74) is 0.933. The van der Waals surface area contributed by atoms with Crippen molar-refractivity contribution >= 4 is 23.0 Å². The van der Waals surface area contributed by atoms with Crippen LogP contribution in [0, 0.1) is 0 Å². The van der Waals surface area contributed by atoms with Crippen LogP contribution in [0.15, 0.2) is 23.4 Å². The van der Waals surface area contributed by atoms with Gasteiger partial charge in [-0.3, -0.25) is 9.48 Å². The average molecular weight is 254 g/mol. The molecule has 6 nitrogen and oxygen atoms in total. The molecular weight excluding hydrogens is 242 g/mol. The zero-order valence-electron chi connectivity index (χ0n) is 9.51. The highest BCUT2D eigenvalue weighted by Crippen LogP contribution is 2.20. The highest BCUT2D eigenvalue weighted by molar-refractivity contribution is 6.33. The van der Waals surface area contributed by atoms with Gasteiger partial charge < -0.3 is 5.32 Å². The van der Waals surface area contributed by atoms with Gasteiger partial charge in [0.2, 0.25) is 0 Å². The molecule has 90 valence electrons. The van der Waals surface area contributed by atoms with Crippen LogP contribution in [0.1, 0.15) is 6.92 Å². The molecule has 0 atom stereocenters. The van der Waals surface area contributed by atoms with Crippen LogP contribution in [-0.2, 0) is 13.6 Å². The zero-order chi connectivity index (χ0) is 12.4. The Labute approximate surface area is 103 Å². The van der Waals surface area contributed by atoms with Crippen LogP contribution >= 0.6 is 11.6 Å². The van der Waals surface area contributed by atoms with Gasteiger partial charge in [0.15, 0.2) is 0 Å². The fourth-order valence-corrected chi connectivity index (χ4v) is 1.61. The molecular formula is C10H12ClN5O. The van der Waals surface area contributed by atoms with E-state index in [1.165, 1.54) is 10.9 Å². The predicted molar refractivity (Wildman–Crippen MR) is 65.7 cm³/mol. The largest absolute Gasteiger partial charge is 0.350 e. The summed E-state index contributed by atoms with van der Waals surface area (Å²) in [6.07, 6.45) is 4.95. The van der Waals surface area contributed by atoms with Gasteiger partial charge in [-0.1, -0.05) is 11.6 Å². The second-order valence-corrected chi connectivity index (χ2v) is 3.90. The van der Waals surface area contributed by atoms with Crippen LogP contribution in [0.4, 0.5) is 11.4 Å². The number of nitrogens with one attached hydrogen (secondary N) is 1. The van der Waals surface area contributed by atoms with Gasteiger partial charge in [0.25, 0.3) is 5.56 Å². The molecule has 0 saturated carbocycles.